The van der Waals surface area contributed by atoms with E-state index in [1.807, 2.05) is 86.3 Å². The van der Waals surface area contributed by atoms with Gasteiger partial charge in [0.1, 0.15) is 0 Å². The van der Waals surface area contributed by atoms with E-state index in [-0.39, 0.29) is 24.3 Å². The van der Waals surface area contributed by atoms with Crippen LogP contribution < -0.4 is 14.4 Å². The van der Waals surface area contributed by atoms with Crippen LogP contribution in [0, 0.1) is 5.92 Å². The number of anilines is 1. The van der Waals surface area contributed by atoms with Crippen LogP contribution in [0.15, 0.2) is 60.7 Å². The van der Waals surface area contributed by atoms with E-state index in [9.17, 15) is 14.7 Å². The van der Waals surface area contributed by atoms with Crippen LogP contribution in [0.5, 0.6) is 11.5 Å². The van der Waals surface area contributed by atoms with Crippen molar-refractivity contribution in [2.75, 3.05) is 25.1 Å². The predicted octanol–water partition coefficient (Wildman–Crippen LogP) is 5.89. The fourth-order valence-electron chi connectivity index (χ4n) is 6.09. The molecule has 2 heterocycles. The minimum absolute atomic E-state index is 0.0317. The normalized spacial score (nSPS) is 19.1. The molecular formula is C33H37ClN2O5. The Kier molecular flexibility index (Phi) is 8.30. The number of methoxy groups -OCH3 is 1. The summed E-state index contributed by atoms with van der Waals surface area (Å²) in [6.07, 6.45) is 2.50. The summed E-state index contributed by atoms with van der Waals surface area (Å²) in [4.78, 5) is 28.5. The van der Waals surface area contributed by atoms with Gasteiger partial charge in [0.15, 0.2) is 11.5 Å². The van der Waals surface area contributed by atoms with Crippen LogP contribution in [0.3, 0.4) is 0 Å². The van der Waals surface area contributed by atoms with Crippen LogP contribution in [-0.4, -0.2) is 48.6 Å². The lowest BCUT2D eigenvalue weighted by Gasteiger charge is -2.40. The molecule has 2 aliphatic rings. The molecule has 216 valence electrons. The van der Waals surface area contributed by atoms with Crippen molar-refractivity contribution in [1.29, 1.82) is 0 Å². The molecule has 0 unspecified atom stereocenters. The average Bonchev–Trinajstić information content (AvgIpc) is 2.96. The molecule has 7 nitrogen and oxygen atoms in total. The Hall–Kier alpha value is -3.55. The third kappa shape index (κ3) is 5.79. The first-order chi connectivity index (χ1) is 19.6. The Morgan fingerprint density at radius 3 is 2.27 bits per heavy atom. The van der Waals surface area contributed by atoms with E-state index in [1.165, 1.54) is 0 Å². The minimum Gasteiger partial charge on any atom is -0.493 e. The summed E-state index contributed by atoms with van der Waals surface area (Å²) >= 11 is 6.23. The van der Waals surface area contributed by atoms with Crippen LogP contribution in [0.4, 0.5) is 5.69 Å². The molecule has 0 radical (unpaired) electrons. The highest BCUT2D eigenvalue weighted by Gasteiger charge is 2.38. The molecule has 2 atom stereocenters. The van der Waals surface area contributed by atoms with Crippen LogP contribution in [0.1, 0.15) is 61.9 Å². The van der Waals surface area contributed by atoms with Gasteiger partial charge in [-0.15, -0.1) is 0 Å². The SMILES string of the molecule is COc1cc2c(cc1OC(C)C)[C@H](c1ccc(Cl)cc1)N(c1ccc([C@](C)(O)C3CCN(C=O)CC3)cc1)C(=O)C2. The number of hydrogen-bond acceptors (Lipinski definition) is 5. The number of halogens is 1. The molecule has 0 aliphatic carbocycles. The molecule has 0 saturated carbocycles. The number of benzene rings is 3. The molecule has 1 fully saturated rings. The monoisotopic (exact) mass is 576 g/mol. The zero-order valence-corrected chi connectivity index (χ0v) is 24.7. The van der Waals surface area contributed by atoms with Gasteiger partial charge in [0, 0.05) is 23.8 Å². The van der Waals surface area contributed by atoms with Crippen molar-refractivity contribution in [2.24, 2.45) is 5.92 Å². The van der Waals surface area contributed by atoms with Crippen LogP contribution >= 0.6 is 11.6 Å². The summed E-state index contributed by atoms with van der Waals surface area (Å²) in [6.45, 7) is 7.05. The summed E-state index contributed by atoms with van der Waals surface area (Å²) in [5, 5.41) is 12.2. The lowest BCUT2D eigenvalue weighted by Crippen LogP contribution is -2.42. The molecule has 2 aliphatic heterocycles. The number of carbonyl (C=O) groups is 2. The summed E-state index contributed by atoms with van der Waals surface area (Å²) < 4.78 is 11.7. The van der Waals surface area contributed by atoms with Gasteiger partial charge in [0.25, 0.3) is 0 Å². The van der Waals surface area contributed by atoms with Crippen molar-refractivity contribution in [1.82, 2.24) is 4.90 Å². The quantitative estimate of drug-likeness (QED) is 0.338. The van der Waals surface area contributed by atoms with Crippen LogP contribution in [0.2, 0.25) is 5.02 Å². The van der Waals surface area contributed by atoms with Gasteiger partial charge in [-0.25, -0.2) is 0 Å². The molecule has 1 N–H and O–H groups in total. The first-order valence-corrected chi connectivity index (χ1v) is 14.5. The summed E-state index contributed by atoms with van der Waals surface area (Å²) in [5.74, 6) is 1.21. The number of amides is 2. The first kappa shape index (κ1) is 29.0. The minimum atomic E-state index is -1.05. The van der Waals surface area contributed by atoms with Gasteiger partial charge in [0.2, 0.25) is 12.3 Å². The summed E-state index contributed by atoms with van der Waals surface area (Å²) in [5.41, 5.74) is 3.24. The van der Waals surface area contributed by atoms with E-state index >= 15 is 0 Å². The Balaban J connectivity index is 1.54. The highest BCUT2D eigenvalue weighted by atomic mass is 35.5. The van der Waals surface area contributed by atoms with E-state index < -0.39 is 11.6 Å². The van der Waals surface area contributed by atoms with Crippen molar-refractivity contribution < 1.29 is 24.2 Å². The Morgan fingerprint density at radius 1 is 1.02 bits per heavy atom. The van der Waals surface area contributed by atoms with Crippen LogP contribution in [0.25, 0.3) is 0 Å². The average molecular weight is 577 g/mol. The van der Waals surface area contributed by atoms with Crippen molar-refractivity contribution in [3.8, 4) is 11.5 Å². The summed E-state index contributed by atoms with van der Waals surface area (Å²) in [7, 11) is 1.60. The van der Waals surface area contributed by atoms with Crippen molar-refractivity contribution >= 4 is 29.6 Å². The third-order valence-electron chi connectivity index (χ3n) is 8.34. The fraction of sp³-hybridized carbons (Fsp3) is 0.394. The topological polar surface area (TPSA) is 79.3 Å². The van der Waals surface area contributed by atoms with Gasteiger partial charge < -0.3 is 24.4 Å². The molecule has 3 aromatic rings. The number of carbonyl (C=O) groups excluding carboxylic acids is 2. The molecule has 3 aromatic carbocycles. The predicted molar refractivity (Wildman–Crippen MR) is 160 cm³/mol. The molecular weight excluding hydrogens is 540 g/mol. The standard InChI is InChI=1S/C33H37ClN2O5/c1-21(2)41-30-19-28-23(17-29(30)40-4)18-31(38)36(32(28)22-5-9-26(34)10-6-22)27-11-7-24(8-12-27)33(3,39)25-13-15-35(20-37)16-14-25/h5-12,17,19-21,25,32,39H,13-16,18H2,1-4H3/t32-,33-/m0/s1. The third-order valence-corrected chi connectivity index (χ3v) is 8.59. The van der Waals surface area contributed by atoms with Crippen molar-refractivity contribution in [3.05, 3.63) is 87.9 Å². The number of likely N-dealkylation sites (tertiary alicyclic amines) is 1. The van der Waals surface area contributed by atoms with Crippen molar-refractivity contribution in [3.63, 3.8) is 0 Å². The summed E-state index contributed by atoms with van der Waals surface area (Å²) in [6, 6.07) is 18.7. The number of nitrogens with zero attached hydrogens (tertiary/aromatic N) is 2. The zero-order chi connectivity index (χ0) is 29.3. The largest absolute Gasteiger partial charge is 0.493 e. The lowest BCUT2D eigenvalue weighted by molar-refractivity contribution is -0.121. The Morgan fingerprint density at radius 2 is 1.68 bits per heavy atom. The zero-order valence-electron chi connectivity index (χ0n) is 24.0. The smallest absolute Gasteiger partial charge is 0.232 e. The molecule has 0 bridgehead atoms. The number of hydrogen-bond donors (Lipinski definition) is 1. The van der Waals surface area contributed by atoms with E-state index in [0.29, 0.717) is 29.6 Å². The van der Waals surface area contributed by atoms with Gasteiger partial charge in [0.05, 0.1) is 31.3 Å². The van der Waals surface area contributed by atoms with E-state index in [2.05, 4.69) is 0 Å². The second-order valence-electron chi connectivity index (χ2n) is 11.4. The number of aliphatic hydroxyl groups is 1. The molecule has 41 heavy (non-hydrogen) atoms. The molecule has 0 aromatic heterocycles. The van der Waals surface area contributed by atoms with Gasteiger partial charge in [-0.2, -0.15) is 0 Å². The van der Waals surface area contributed by atoms with E-state index in [1.54, 1.807) is 12.0 Å². The van der Waals surface area contributed by atoms with Gasteiger partial charge in [-0.3, -0.25) is 9.59 Å². The van der Waals surface area contributed by atoms with Gasteiger partial charge in [-0.05, 0) is 98.2 Å². The number of fused-ring (bicyclic) bond motifs is 1. The molecule has 0 spiro atoms. The molecule has 1 saturated heterocycles. The van der Waals surface area contributed by atoms with E-state index in [4.69, 9.17) is 21.1 Å². The number of rotatable bonds is 8. The highest BCUT2D eigenvalue weighted by molar-refractivity contribution is 6.30. The number of ether oxygens (including phenoxy) is 2. The maximum absolute atomic E-state index is 13.8. The number of piperidine rings is 1. The molecule has 8 heteroatoms. The van der Waals surface area contributed by atoms with E-state index in [0.717, 1.165) is 47.2 Å². The van der Waals surface area contributed by atoms with Crippen molar-refractivity contribution in [2.45, 2.75) is 57.8 Å². The first-order valence-electron chi connectivity index (χ1n) is 14.1. The van der Waals surface area contributed by atoms with Gasteiger partial charge >= 0.3 is 0 Å². The maximum Gasteiger partial charge on any atom is 0.232 e. The van der Waals surface area contributed by atoms with Gasteiger partial charge in [-0.1, -0.05) is 35.9 Å². The van der Waals surface area contributed by atoms with Crippen LogP contribution in [-0.2, 0) is 21.6 Å². The second kappa shape index (κ2) is 11.7. The molecule has 5 rings (SSSR count). The maximum atomic E-state index is 13.8. The lowest BCUT2D eigenvalue weighted by atomic mass is 9.77. The Labute approximate surface area is 246 Å². The second-order valence-corrected chi connectivity index (χ2v) is 11.8. The fourth-order valence-corrected chi connectivity index (χ4v) is 6.22. The highest BCUT2D eigenvalue weighted by Crippen LogP contribution is 2.44. The molecule has 2 amide bonds. The Bertz CT molecular complexity index is 1400.